The molecule has 2 rings (SSSR count). The van der Waals surface area contributed by atoms with E-state index in [1.165, 1.54) is 24.4 Å². The number of hydrogen-bond donors (Lipinski definition) is 1. The Balaban J connectivity index is 2.12. The van der Waals surface area contributed by atoms with Crippen molar-refractivity contribution in [3.63, 3.8) is 0 Å². The van der Waals surface area contributed by atoms with E-state index in [2.05, 4.69) is 4.98 Å². The molecule has 1 unspecified atom stereocenters. The van der Waals surface area contributed by atoms with Gasteiger partial charge in [0.1, 0.15) is 12.4 Å². The molecule has 1 aromatic carbocycles. The maximum absolute atomic E-state index is 12.9. The van der Waals surface area contributed by atoms with E-state index >= 15 is 0 Å². The Hall–Kier alpha value is -2.08. The van der Waals surface area contributed by atoms with Crippen molar-refractivity contribution in [2.75, 3.05) is 6.61 Å². The van der Waals surface area contributed by atoms with Gasteiger partial charge in [0.2, 0.25) is 0 Å². The molecule has 3 nitrogen and oxygen atoms in total. The van der Waals surface area contributed by atoms with Crippen molar-refractivity contribution in [1.82, 2.24) is 4.98 Å². The quantitative estimate of drug-likeness (QED) is 0.937. The second-order valence-corrected chi connectivity index (χ2v) is 4.19. The van der Waals surface area contributed by atoms with Gasteiger partial charge >= 0.3 is 6.18 Å². The number of aromatic nitrogens is 1. The topological polar surface area (TPSA) is 48.1 Å². The highest BCUT2D eigenvalue weighted by molar-refractivity contribution is 5.32. The monoisotopic (exact) mass is 282 g/mol. The van der Waals surface area contributed by atoms with E-state index < -0.39 is 17.8 Å². The molecule has 0 amide bonds. The molecule has 1 aromatic heterocycles. The molecule has 20 heavy (non-hydrogen) atoms. The van der Waals surface area contributed by atoms with Crippen LogP contribution in [0, 0.1) is 0 Å². The van der Waals surface area contributed by atoms with Gasteiger partial charge in [0.05, 0.1) is 17.8 Å². The van der Waals surface area contributed by atoms with Gasteiger partial charge in [-0.15, -0.1) is 0 Å². The summed E-state index contributed by atoms with van der Waals surface area (Å²) < 4.78 is 43.9. The van der Waals surface area contributed by atoms with Crippen molar-refractivity contribution in [3.05, 3.63) is 59.9 Å². The standard InChI is InChI=1S/C14H13F3N2O/c15-14(16,17)12-6-2-1-5-11(12)13(18)9-20-10-4-3-7-19-8-10/h1-8,13H,9,18H2. The van der Waals surface area contributed by atoms with Gasteiger partial charge in [0.25, 0.3) is 0 Å². The normalized spacial score (nSPS) is 13.0. The van der Waals surface area contributed by atoms with Gasteiger partial charge in [-0.1, -0.05) is 18.2 Å². The van der Waals surface area contributed by atoms with Crippen LogP contribution in [0.15, 0.2) is 48.8 Å². The van der Waals surface area contributed by atoms with E-state index in [-0.39, 0.29) is 12.2 Å². The second kappa shape index (κ2) is 5.92. The van der Waals surface area contributed by atoms with Gasteiger partial charge in [-0.3, -0.25) is 4.98 Å². The number of pyridine rings is 1. The number of rotatable bonds is 4. The maximum atomic E-state index is 12.9. The van der Waals surface area contributed by atoms with E-state index in [0.29, 0.717) is 5.75 Å². The minimum Gasteiger partial charge on any atom is -0.490 e. The van der Waals surface area contributed by atoms with E-state index in [9.17, 15) is 13.2 Å². The second-order valence-electron chi connectivity index (χ2n) is 4.19. The first kappa shape index (κ1) is 14.3. The summed E-state index contributed by atoms with van der Waals surface area (Å²) in [6, 6.07) is 7.70. The first-order valence-corrected chi connectivity index (χ1v) is 5.93. The lowest BCUT2D eigenvalue weighted by Crippen LogP contribution is -2.23. The summed E-state index contributed by atoms with van der Waals surface area (Å²) >= 11 is 0. The predicted octanol–water partition coefficient (Wildman–Crippen LogP) is 3.18. The van der Waals surface area contributed by atoms with Crippen molar-refractivity contribution < 1.29 is 17.9 Å². The van der Waals surface area contributed by atoms with Crippen LogP contribution in [0.25, 0.3) is 0 Å². The van der Waals surface area contributed by atoms with Gasteiger partial charge in [0, 0.05) is 6.20 Å². The highest BCUT2D eigenvalue weighted by Crippen LogP contribution is 2.34. The molecule has 0 spiro atoms. The molecule has 1 heterocycles. The Morgan fingerprint density at radius 1 is 1.15 bits per heavy atom. The van der Waals surface area contributed by atoms with Crippen molar-refractivity contribution in [2.24, 2.45) is 5.73 Å². The van der Waals surface area contributed by atoms with Crippen molar-refractivity contribution in [3.8, 4) is 5.75 Å². The highest BCUT2D eigenvalue weighted by Gasteiger charge is 2.34. The van der Waals surface area contributed by atoms with Gasteiger partial charge in [-0.2, -0.15) is 13.2 Å². The summed E-state index contributed by atoms with van der Waals surface area (Å²) in [4.78, 5) is 3.85. The van der Waals surface area contributed by atoms with Crippen LogP contribution in [0.3, 0.4) is 0 Å². The Morgan fingerprint density at radius 2 is 1.90 bits per heavy atom. The van der Waals surface area contributed by atoms with Gasteiger partial charge < -0.3 is 10.5 Å². The molecule has 106 valence electrons. The Morgan fingerprint density at radius 3 is 2.55 bits per heavy atom. The largest absolute Gasteiger partial charge is 0.490 e. The number of nitrogens with two attached hydrogens (primary N) is 1. The molecule has 6 heteroatoms. The first-order chi connectivity index (χ1) is 9.48. The summed E-state index contributed by atoms with van der Waals surface area (Å²) in [6.45, 7) is -0.0568. The summed E-state index contributed by atoms with van der Waals surface area (Å²) in [6.07, 6.45) is -1.38. The number of benzene rings is 1. The zero-order chi connectivity index (χ0) is 14.6. The summed E-state index contributed by atoms with van der Waals surface area (Å²) in [5.41, 5.74) is 5.08. The van der Waals surface area contributed by atoms with E-state index in [1.807, 2.05) is 0 Å². The third-order valence-corrected chi connectivity index (χ3v) is 2.73. The molecule has 1 atom stereocenters. The Labute approximate surface area is 114 Å². The van der Waals surface area contributed by atoms with Crippen LogP contribution in [-0.4, -0.2) is 11.6 Å². The van der Waals surface area contributed by atoms with Gasteiger partial charge in [0.15, 0.2) is 0 Å². The SMILES string of the molecule is NC(COc1cccnc1)c1ccccc1C(F)(F)F. The molecule has 0 aliphatic rings. The van der Waals surface area contributed by atoms with Crippen LogP contribution in [0.2, 0.25) is 0 Å². The van der Waals surface area contributed by atoms with Gasteiger partial charge in [-0.25, -0.2) is 0 Å². The van der Waals surface area contributed by atoms with Crippen LogP contribution in [-0.2, 0) is 6.18 Å². The summed E-state index contributed by atoms with van der Waals surface area (Å²) in [7, 11) is 0. The zero-order valence-electron chi connectivity index (χ0n) is 10.5. The lowest BCUT2D eigenvalue weighted by molar-refractivity contribution is -0.138. The zero-order valence-corrected chi connectivity index (χ0v) is 10.5. The summed E-state index contributed by atoms with van der Waals surface area (Å²) in [5.74, 6) is 0.465. The molecule has 0 aliphatic carbocycles. The van der Waals surface area contributed by atoms with Crippen LogP contribution >= 0.6 is 0 Å². The van der Waals surface area contributed by atoms with Crippen LogP contribution in [0.5, 0.6) is 5.75 Å². The molecular formula is C14H13F3N2O. The number of hydrogen-bond acceptors (Lipinski definition) is 3. The predicted molar refractivity (Wildman–Crippen MR) is 68.1 cm³/mol. The van der Waals surface area contributed by atoms with Crippen molar-refractivity contribution >= 4 is 0 Å². The van der Waals surface area contributed by atoms with Gasteiger partial charge in [-0.05, 0) is 23.8 Å². The average molecular weight is 282 g/mol. The fourth-order valence-corrected chi connectivity index (χ4v) is 1.79. The van der Waals surface area contributed by atoms with Crippen molar-refractivity contribution in [1.29, 1.82) is 0 Å². The minimum absolute atomic E-state index is 0.0175. The molecule has 0 bridgehead atoms. The fourth-order valence-electron chi connectivity index (χ4n) is 1.79. The molecule has 0 fully saturated rings. The molecule has 0 saturated carbocycles. The number of halogens is 3. The van der Waals surface area contributed by atoms with Crippen LogP contribution in [0.1, 0.15) is 17.2 Å². The molecular weight excluding hydrogens is 269 g/mol. The van der Waals surface area contributed by atoms with Crippen LogP contribution in [0.4, 0.5) is 13.2 Å². The first-order valence-electron chi connectivity index (χ1n) is 5.93. The van der Waals surface area contributed by atoms with Crippen molar-refractivity contribution in [2.45, 2.75) is 12.2 Å². The third kappa shape index (κ3) is 3.48. The lowest BCUT2D eigenvalue weighted by atomic mass is 10.0. The molecule has 2 aromatic rings. The highest BCUT2D eigenvalue weighted by atomic mass is 19.4. The van der Waals surface area contributed by atoms with E-state index in [0.717, 1.165) is 6.07 Å². The smallest absolute Gasteiger partial charge is 0.416 e. The van der Waals surface area contributed by atoms with E-state index in [1.54, 1.807) is 18.3 Å². The number of alkyl halides is 3. The molecule has 0 saturated heterocycles. The molecule has 0 aliphatic heterocycles. The summed E-state index contributed by atoms with van der Waals surface area (Å²) in [5, 5.41) is 0. The van der Waals surface area contributed by atoms with E-state index in [4.69, 9.17) is 10.5 Å². The number of ether oxygens (including phenoxy) is 1. The third-order valence-electron chi connectivity index (χ3n) is 2.73. The Kier molecular flexibility index (Phi) is 4.24. The lowest BCUT2D eigenvalue weighted by Gasteiger charge is -2.18. The average Bonchev–Trinajstić information content (AvgIpc) is 2.45. The number of nitrogens with zero attached hydrogens (tertiary/aromatic N) is 1. The molecule has 0 radical (unpaired) electrons. The fraction of sp³-hybridized carbons (Fsp3) is 0.214. The maximum Gasteiger partial charge on any atom is 0.416 e. The Bertz CT molecular complexity index is 558. The minimum atomic E-state index is -4.43. The molecule has 2 N–H and O–H groups in total. The van der Waals surface area contributed by atoms with Crippen LogP contribution < -0.4 is 10.5 Å².